The first-order valence-electron chi connectivity index (χ1n) is 5.01. The summed E-state index contributed by atoms with van der Waals surface area (Å²) in [7, 11) is 3.21. The molecule has 0 saturated heterocycles. The quantitative estimate of drug-likeness (QED) is 0.683. The molecule has 0 fully saturated rings. The van der Waals surface area contributed by atoms with Gasteiger partial charge in [0.1, 0.15) is 11.6 Å². The Morgan fingerprint density at radius 2 is 2.25 bits per heavy atom. The summed E-state index contributed by atoms with van der Waals surface area (Å²) in [5.41, 5.74) is 6.35. The van der Waals surface area contributed by atoms with Gasteiger partial charge in [0, 0.05) is 11.6 Å². The van der Waals surface area contributed by atoms with E-state index in [0.29, 0.717) is 11.3 Å². The zero-order chi connectivity index (χ0) is 12.1. The molecule has 4 nitrogen and oxygen atoms in total. The SMILES string of the molecule is CNC(c1cc(F)ccc1OC)C(N)CO. The number of aliphatic hydroxyl groups excluding tert-OH is 1. The van der Waals surface area contributed by atoms with Crippen molar-refractivity contribution in [3.05, 3.63) is 29.6 Å². The lowest BCUT2D eigenvalue weighted by Crippen LogP contribution is -2.39. The summed E-state index contributed by atoms with van der Waals surface area (Å²) in [6.07, 6.45) is 0. The third kappa shape index (κ3) is 2.69. The van der Waals surface area contributed by atoms with Crippen molar-refractivity contribution in [1.29, 1.82) is 0 Å². The van der Waals surface area contributed by atoms with Crippen LogP contribution in [0.3, 0.4) is 0 Å². The third-order valence-electron chi connectivity index (χ3n) is 2.48. The molecule has 1 aromatic carbocycles. The molecular formula is C11H17FN2O2. The minimum absolute atomic E-state index is 0.189. The summed E-state index contributed by atoms with van der Waals surface area (Å²) in [5, 5.41) is 12.0. The normalized spacial score (nSPS) is 14.6. The van der Waals surface area contributed by atoms with Gasteiger partial charge in [0.05, 0.1) is 19.8 Å². The minimum atomic E-state index is -0.513. The molecule has 0 spiro atoms. The Balaban J connectivity index is 3.11. The second kappa shape index (κ2) is 5.79. The predicted molar refractivity (Wildman–Crippen MR) is 59.8 cm³/mol. The van der Waals surface area contributed by atoms with Crippen molar-refractivity contribution in [2.45, 2.75) is 12.1 Å². The number of hydrogen-bond acceptors (Lipinski definition) is 4. The van der Waals surface area contributed by atoms with Crippen molar-refractivity contribution >= 4 is 0 Å². The van der Waals surface area contributed by atoms with E-state index in [0.717, 1.165) is 0 Å². The molecule has 16 heavy (non-hydrogen) atoms. The third-order valence-corrected chi connectivity index (χ3v) is 2.48. The van der Waals surface area contributed by atoms with Gasteiger partial charge in [-0.25, -0.2) is 4.39 Å². The Kier molecular flexibility index (Phi) is 4.67. The van der Waals surface area contributed by atoms with Crippen molar-refractivity contribution in [2.24, 2.45) is 5.73 Å². The molecule has 0 heterocycles. The number of benzene rings is 1. The van der Waals surface area contributed by atoms with Crippen LogP contribution in [0.4, 0.5) is 4.39 Å². The highest BCUT2D eigenvalue weighted by Gasteiger charge is 2.21. The average molecular weight is 228 g/mol. The lowest BCUT2D eigenvalue weighted by atomic mass is 9.99. The number of aliphatic hydroxyl groups is 1. The van der Waals surface area contributed by atoms with E-state index in [1.165, 1.54) is 19.2 Å². The molecule has 0 bridgehead atoms. The van der Waals surface area contributed by atoms with Gasteiger partial charge < -0.3 is 20.9 Å². The molecule has 2 unspecified atom stereocenters. The molecule has 0 aromatic heterocycles. The largest absolute Gasteiger partial charge is 0.496 e. The highest BCUT2D eigenvalue weighted by atomic mass is 19.1. The Bertz CT molecular complexity index is 347. The molecule has 90 valence electrons. The van der Waals surface area contributed by atoms with Gasteiger partial charge in [0.2, 0.25) is 0 Å². The van der Waals surface area contributed by atoms with Gasteiger partial charge >= 0.3 is 0 Å². The van der Waals surface area contributed by atoms with Crippen molar-refractivity contribution in [2.75, 3.05) is 20.8 Å². The fourth-order valence-corrected chi connectivity index (χ4v) is 1.65. The van der Waals surface area contributed by atoms with Crippen LogP contribution in [-0.2, 0) is 0 Å². The van der Waals surface area contributed by atoms with Crippen LogP contribution in [0.1, 0.15) is 11.6 Å². The summed E-state index contributed by atoms with van der Waals surface area (Å²) in [6.45, 7) is -0.189. The summed E-state index contributed by atoms with van der Waals surface area (Å²) < 4.78 is 18.3. The number of hydrogen-bond donors (Lipinski definition) is 3. The van der Waals surface area contributed by atoms with Gasteiger partial charge in [-0.1, -0.05) is 0 Å². The number of likely N-dealkylation sites (N-methyl/N-ethyl adjacent to an activating group) is 1. The van der Waals surface area contributed by atoms with E-state index in [4.69, 9.17) is 15.6 Å². The summed E-state index contributed by atoms with van der Waals surface area (Å²) in [4.78, 5) is 0. The number of methoxy groups -OCH3 is 1. The van der Waals surface area contributed by atoms with Gasteiger partial charge in [0.25, 0.3) is 0 Å². The number of rotatable bonds is 5. The molecule has 0 aliphatic rings. The van der Waals surface area contributed by atoms with Crippen LogP contribution >= 0.6 is 0 Å². The number of nitrogens with one attached hydrogen (secondary N) is 1. The van der Waals surface area contributed by atoms with Gasteiger partial charge in [-0.2, -0.15) is 0 Å². The topological polar surface area (TPSA) is 67.5 Å². The molecule has 1 aromatic rings. The Labute approximate surface area is 94.2 Å². The van der Waals surface area contributed by atoms with E-state index in [2.05, 4.69) is 5.32 Å². The molecule has 0 aliphatic carbocycles. The van der Waals surface area contributed by atoms with Crippen molar-refractivity contribution in [3.8, 4) is 5.75 Å². The minimum Gasteiger partial charge on any atom is -0.496 e. The van der Waals surface area contributed by atoms with Crippen LogP contribution < -0.4 is 15.8 Å². The van der Waals surface area contributed by atoms with Crippen LogP contribution in [0.15, 0.2) is 18.2 Å². The van der Waals surface area contributed by atoms with E-state index in [-0.39, 0.29) is 18.5 Å². The zero-order valence-corrected chi connectivity index (χ0v) is 9.40. The lowest BCUT2D eigenvalue weighted by Gasteiger charge is -2.24. The molecule has 0 radical (unpaired) electrons. The standard InChI is InChI=1S/C11H17FN2O2/c1-14-11(9(13)6-15)8-5-7(12)3-4-10(8)16-2/h3-5,9,11,14-15H,6,13H2,1-2H3. The maximum Gasteiger partial charge on any atom is 0.123 e. The highest BCUT2D eigenvalue weighted by molar-refractivity contribution is 5.37. The molecule has 5 heteroatoms. The summed E-state index contributed by atoms with van der Waals surface area (Å²) >= 11 is 0. The second-order valence-electron chi connectivity index (χ2n) is 3.50. The van der Waals surface area contributed by atoms with Crippen LogP contribution in [0.2, 0.25) is 0 Å². The maximum absolute atomic E-state index is 13.2. The predicted octanol–water partition coefficient (Wildman–Crippen LogP) is 0.414. The van der Waals surface area contributed by atoms with Crippen LogP contribution in [-0.4, -0.2) is 31.9 Å². The van der Waals surface area contributed by atoms with E-state index in [1.807, 2.05) is 0 Å². The van der Waals surface area contributed by atoms with E-state index in [9.17, 15) is 4.39 Å². The lowest BCUT2D eigenvalue weighted by molar-refractivity contribution is 0.238. The molecule has 2 atom stereocenters. The van der Waals surface area contributed by atoms with Crippen molar-refractivity contribution in [1.82, 2.24) is 5.32 Å². The molecule has 0 saturated carbocycles. The first-order chi connectivity index (χ1) is 7.63. The summed E-state index contributed by atoms with van der Waals surface area (Å²) in [5.74, 6) is 0.186. The molecule has 4 N–H and O–H groups in total. The van der Waals surface area contributed by atoms with Crippen molar-refractivity contribution in [3.63, 3.8) is 0 Å². The molecule has 1 rings (SSSR count). The van der Waals surface area contributed by atoms with Crippen LogP contribution in [0, 0.1) is 5.82 Å². The van der Waals surface area contributed by atoms with E-state index >= 15 is 0 Å². The number of ether oxygens (including phenoxy) is 1. The molecule has 0 amide bonds. The maximum atomic E-state index is 13.2. The molecule has 0 aliphatic heterocycles. The first kappa shape index (κ1) is 12.9. The van der Waals surface area contributed by atoms with Crippen LogP contribution in [0.25, 0.3) is 0 Å². The summed E-state index contributed by atoms with van der Waals surface area (Å²) in [6, 6.07) is 3.35. The fourth-order valence-electron chi connectivity index (χ4n) is 1.65. The van der Waals surface area contributed by atoms with Crippen molar-refractivity contribution < 1.29 is 14.2 Å². The smallest absolute Gasteiger partial charge is 0.123 e. The number of halogens is 1. The van der Waals surface area contributed by atoms with E-state index < -0.39 is 6.04 Å². The molecular weight excluding hydrogens is 211 g/mol. The van der Waals surface area contributed by atoms with Gasteiger partial charge in [-0.3, -0.25) is 0 Å². The fraction of sp³-hybridized carbons (Fsp3) is 0.455. The monoisotopic (exact) mass is 228 g/mol. The van der Waals surface area contributed by atoms with Gasteiger partial charge in [-0.15, -0.1) is 0 Å². The second-order valence-corrected chi connectivity index (χ2v) is 3.50. The zero-order valence-electron chi connectivity index (χ0n) is 9.40. The van der Waals surface area contributed by atoms with Crippen LogP contribution in [0.5, 0.6) is 5.75 Å². The average Bonchev–Trinajstić information content (AvgIpc) is 2.30. The van der Waals surface area contributed by atoms with Gasteiger partial charge in [0.15, 0.2) is 0 Å². The first-order valence-corrected chi connectivity index (χ1v) is 5.01. The van der Waals surface area contributed by atoms with Gasteiger partial charge in [-0.05, 0) is 25.2 Å². The Hall–Kier alpha value is -1.17. The van der Waals surface area contributed by atoms with E-state index in [1.54, 1.807) is 13.1 Å². The Morgan fingerprint density at radius 1 is 1.56 bits per heavy atom. The Morgan fingerprint density at radius 3 is 2.75 bits per heavy atom. The highest BCUT2D eigenvalue weighted by Crippen LogP contribution is 2.27. The number of nitrogens with two attached hydrogens (primary N) is 1.